The molecular weight excluding hydrogens is 287 g/mol. The van der Waals surface area contributed by atoms with E-state index >= 15 is 0 Å². The molecule has 0 aliphatic rings. The van der Waals surface area contributed by atoms with Crippen LogP contribution in [0.3, 0.4) is 0 Å². The van der Waals surface area contributed by atoms with Gasteiger partial charge in [-0.05, 0) is 30.5 Å². The SMILES string of the molecule is Cc1ccc(CC(N)c2c(F)cc(F)cc2F)c(Cl)c1. The summed E-state index contributed by atoms with van der Waals surface area (Å²) in [5, 5.41) is 0.489. The van der Waals surface area contributed by atoms with Crippen molar-refractivity contribution in [2.75, 3.05) is 0 Å². The number of rotatable bonds is 3. The van der Waals surface area contributed by atoms with Crippen molar-refractivity contribution in [2.24, 2.45) is 5.73 Å². The van der Waals surface area contributed by atoms with Gasteiger partial charge in [0.1, 0.15) is 17.5 Å². The summed E-state index contributed by atoms with van der Waals surface area (Å²) >= 11 is 6.06. The van der Waals surface area contributed by atoms with Gasteiger partial charge in [0.05, 0.1) is 0 Å². The summed E-state index contributed by atoms with van der Waals surface area (Å²) in [6, 6.07) is 5.66. The molecule has 5 heteroatoms. The Morgan fingerprint density at radius 2 is 1.70 bits per heavy atom. The molecule has 2 N–H and O–H groups in total. The number of aryl methyl sites for hydroxylation is 1. The van der Waals surface area contributed by atoms with Crippen molar-refractivity contribution in [2.45, 2.75) is 19.4 Å². The van der Waals surface area contributed by atoms with Crippen LogP contribution in [0.15, 0.2) is 30.3 Å². The van der Waals surface area contributed by atoms with Crippen LogP contribution < -0.4 is 5.73 Å². The topological polar surface area (TPSA) is 26.0 Å². The molecule has 0 aromatic heterocycles. The monoisotopic (exact) mass is 299 g/mol. The maximum absolute atomic E-state index is 13.6. The van der Waals surface area contributed by atoms with Crippen LogP contribution in [0, 0.1) is 24.4 Å². The minimum atomic E-state index is -0.988. The molecule has 1 atom stereocenters. The quantitative estimate of drug-likeness (QED) is 0.898. The molecule has 2 aromatic carbocycles. The van der Waals surface area contributed by atoms with Crippen LogP contribution in [0.4, 0.5) is 13.2 Å². The minimum absolute atomic E-state index is 0.165. The lowest BCUT2D eigenvalue weighted by Crippen LogP contribution is -2.17. The maximum atomic E-state index is 13.6. The highest BCUT2D eigenvalue weighted by molar-refractivity contribution is 6.31. The number of hydrogen-bond acceptors (Lipinski definition) is 1. The fourth-order valence-corrected chi connectivity index (χ4v) is 2.38. The first-order chi connectivity index (χ1) is 9.38. The second kappa shape index (κ2) is 5.85. The van der Waals surface area contributed by atoms with Crippen LogP contribution in [-0.4, -0.2) is 0 Å². The second-order valence-electron chi connectivity index (χ2n) is 4.69. The van der Waals surface area contributed by atoms with Crippen LogP contribution in [0.1, 0.15) is 22.7 Å². The van der Waals surface area contributed by atoms with E-state index in [1.807, 2.05) is 13.0 Å². The molecule has 0 saturated carbocycles. The van der Waals surface area contributed by atoms with E-state index in [0.29, 0.717) is 22.7 Å². The van der Waals surface area contributed by atoms with Gasteiger partial charge in [0, 0.05) is 28.8 Å². The zero-order valence-electron chi connectivity index (χ0n) is 10.8. The number of halogens is 4. The van der Waals surface area contributed by atoms with Crippen LogP contribution in [-0.2, 0) is 6.42 Å². The number of benzene rings is 2. The molecule has 0 radical (unpaired) electrons. The summed E-state index contributed by atoms with van der Waals surface area (Å²) in [4.78, 5) is 0. The predicted octanol–water partition coefficient (Wildman–Crippen LogP) is 4.31. The van der Waals surface area contributed by atoms with E-state index in [-0.39, 0.29) is 12.0 Å². The zero-order valence-corrected chi connectivity index (χ0v) is 11.5. The zero-order chi connectivity index (χ0) is 14.9. The van der Waals surface area contributed by atoms with E-state index in [0.717, 1.165) is 5.56 Å². The van der Waals surface area contributed by atoms with Gasteiger partial charge >= 0.3 is 0 Å². The van der Waals surface area contributed by atoms with E-state index < -0.39 is 23.5 Å². The standard InChI is InChI=1S/C15H13ClF3N/c1-8-2-3-9(11(16)4-8)5-14(20)15-12(18)6-10(17)7-13(15)19/h2-4,6-7,14H,5,20H2,1H3. The average molecular weight is 300 g/mol. The van der Waals surface area contributed by atoms with E-state index in [9.17, 15) is 13.2 Å². The highest BCUT2D eigenvalue weighted by atomic mass is 35.5. The highest BCUT2D eigenvalue weighted by Crippen LogP contribution is 2.26. The Hall–Kier alpha value is -1.52. The van der Waals surface area contributed by atoms with Gasteiger partial charge in [-0.25, -0.2) is 13.2 Å². The summed E-state index contributed by atoms with van der Waals surface area (Å²) in [6.45, 7) is 1.88. The molecule has 106 valence electrons. The van der Waals surface area contributed by atoms with E-state index in [4.69, 9.17) is 17.3 Å². The fraction of sp³-hybridized carbons (Fsp3) is 0.200. The first kappa shape index (κ1) is 14.9. The normalized spacial score (nSPS) is 12.5. The van der Waals surface area contributed by atoms with Gasteiger partial charge in [-0.15, -0.1) is 0 Å². The molecular formula is C15H13ClF3N. The number of hydrogen-bond donors (Lipinski definition) is 1. The van der Waals surface area contributed by atoms with Crippen molar-refractivity contribution in [3.8, 4) is 0 Å². The highest BCUT2D eigenvalue weighted by Gasteiger charge is 2.19. The maximum Gasteiger partial charge on any atom is 0.133 e. The first-order valence-electron chi connectivity index (χ1n) is 6.03. The minimum Gasteiger partial charge on any atom is -0.323 e. The van der Waals surface area contributed by atoms with E-state index in [1.165, 1.54) is 0 Å². The van der Waals surface area contributed by atoms with Crippen molar-refractivity contribution < 1.29 is 13.2 Å². The Balaban J connectivity index is 2.31. The molecule has 20 heavy (non-hydrogen) atoms. The molecule has 1 unspecified atom stereocenters. The molecule has 2 aromatic rings. The smallest absolute Gasteiger partial charge is 0.133 e. The second-order valence-corrected chi connectivity index (χ2v) is 5.10. The summed E-state index contributed by atoms with van der Waals surface area (Å²) in [6.07, 6.45) is 0.165. The van der Waals surface area contributed by atoms with Gasteiger partial charge in [0.25, 0.3) is 0 Å². The largest absolute Gasteiger partial charge is 0.323 e. The van der Waals surface area contributed by atoms with Crippen LogP contribution >= 0.6 is 11.6 Å². The summed E-state index contributed by atoms with van der Waals surface area (Å²) in [5.74, 6) is -2.94. The molecule has 2 rings (SSSR count). The van der Waals surface area contributed by atoms with Crippen molar-refractivity contribution in [1.29, 1.82) is 0 Å². The molecule has 0 heterocycles. The van der Waals surface area contributed by atoms with Crippen molar-refractivity contribution >= 4 is 11.6 Å². The molecule has 0 saturated heterocycles. The third kappa shape index (κ3) is 3.14. The Kier molecular flexibility index (Phi) is 4.35. The van der Waals surface area contributed by atoms with Crippen LogP contribution in [0.5, 0.6) is 0 Å². The third-order valence-corrected chi connectivity index (χ3v) is 3.41. The van der Waals surface area contributed by atoms with Crippen LogP contribution in [0.2, 0.25) is 5.02 Å². The van der Waals surface area contributed by atoms with Crippen molar-refractivity contribution in [3.05, 3.63) is 69.5 Å². The summed E-state index contributed by atoms with van der Waals surface area (Å²) in [5.41, 5.74) is 7.16. The van der Waals surface area contributed by atoms with Gasteiger partial charge in [-0.3, -0.25) is 0 Å². The third-order valence-electron chi connectivity index (χ3n) is 3.06. The van der Waals surface area contributed by atoms with Crippen molar-refractivity contribution in [1.82, 2.24) is 0 Å². The van der Waals surface area contributed by atoms with Gasteiger partial charge in [-0.2, -0.15) is 0 Å². The molecule has 0 fully saturated rings. The molecule has 1 nitrogen and oxygen atoms in total. The van der Waals surface area contributed by atoms with E-state index in [1.54, 1.807) is 12.1 Å². The van der Waals surface area contributed by atoms with Gasteiger partial charge in [0.2, 0.25) is 0 Å². The molecule has 0 bridgehead atoms. The van der Waals surface area contributed by atoms with E-state index in [2.05, 4.69) is 0 Å². The Labute approximate surface area is 120 Å². The molecule has 0 amide bonds. The lowest BCUT2D eigenvalue weighted by Gasteiger charge is -2.15. The average Bonchev–Trinajstić information content (AvgIpc) is 2.31. The first-order valence-corrected chi connectivity index (χ1v) is 6.41. The lowest BCUT2D eigenvalue weighted by molar-refractivity contribution is 0.501. The lowest BCUT2D eigenvalue weighted by atomic mass is 9.98. The van der Waals surface area contributed by atoms with Crippen molar-refractivity contribution in [3.63, 3.8) is 0 Å². The summed E-state index contributed by atoms with van der Waals surface area (Å²) < 4.78 is 40.1. The fourth-order valence-electron chi connectivity index (χ4n) is 2.06. The Morgan fingerprint density at radius 1 is 1.10 bits per heavy atom. The molecule has 0 spiro atoms. The molecule has 0 aliphatic heterocycles. The van der Waals surface area contributed by atoms with Gasteiger partial charge in [0.15, 0.2) is 0 Å². The molecule has 0 aliphatic carbocycles. The van der Waals surface area contributed by atoms with Gasteiger partial charge in [-0.1, -0.05) is 23.7 Å². The predicted molar refractivity (Wildman–Crippen MR) is 73.1 cm³/mol. The Bertz CT molecular complexity index is 620. The number of nitrogens with two attached hydrogens (primary N) is 1. The Morgan fingerprint density at radius 3 is 2.25 bits per heavy atom. The summed E-state index contributed by atoms with van der Waals surface area (Å²) in [7, 11) is 0. The van der Waals surface area contributed by atoms with Crippen LogP contribution in [0.25, 0.3) is 0 Å². The van der Waals surface area contributed by atoms with Gasteiger partial charge < -0.3 is 5.73 Å².